The van der Waals surface area contributed by atoms with Crippen molar-refractivity contribution < 1.29 is 4.39 Å². The number of rotatable bonds is 2. The summed E-state index contributed by atoms with van der Waals surface area (Å²) >= 11 is 0. The van der Waals surface area contributed by atoms with Crippen molar-refractivity contribution in [2.24, 2.45) is 0 Å². The molecule has 4 rings (SSSR count). The molecule has 134 valence electrons. The lowest BCUT2D eigenvalue weighted by atomic mass is 9.98. The number of hydrogen-bond donors (Lipinski definition) is 0. The molecule has 0 unspecified atom stereocenters. The van der Waals surface area contributed by atoms with E-state index in [0.29, 0.717) is 12.1 Å². The topological polar surface area (TPSA) is 65.7 Å². The molecule has 0 bridgehead atoms. The second-order valence-electron chi connectivity index (χ2n) is 6.80. The van der Waals surface area contributed by atoms with Crippen molar-refractivity contribution in [2.75, 3.05) is 11.4 Å². The minimum atomic E-state index is -0.476. The summed E-state index contributed by atoms with van der Waals surface area (Å²) in [6, 6.07) is 7.53. The summed E-state index contributed by atoms with van der Waals surface area (Å²) < 4.78 is 13.3. The zero-order valence-electron chi connectivity index (χ0n) is 15.2. The summed E-state index contributed by atoms with van der Waals surface area (Å²) in [5.74, 6) is 0.417. The Kier molecular flexibility index (Phi) is 4.28. The van der Waals surface area contributed by atoms with E-state index in [1.165, 1.54) is 6.07 Å². The van der Waals surface area contributed by atoms with Crippen LogP contribution in [0.4, 0.5) is 10.2 Å². The number of aromatic nitrogens is 3. The predicted octanol–water partition coefficient (Wildman–Crippen LogP) is 3.73. The highest BCUT2D eigenvalue weighted by molar-refractivity contribution is 5.66. The van der Waals surface area contributed by atoms with Crippen LogP contribution in [0, 0.1) is 31.1 Å². The molecule has 0 aliphatic carbocycles. The van der Waals surface area contributed by atoms with E-state index in [0.717, 1.165) is 52.3 Å². The quantitative estimate of drug-likeness (QED) is 0.652. The van der Waals surface area contributed by atoms with Gasteiger partial charge in [0.2, 0.25) is 5.95 Å². The Hall–Kier alpha value is -3.33. The third kappa shape index (κ3) is 3.24. The fraction of sp³-hybridized carbons (Fsp3) is 0.238. The van der Waals surface area contributed by atoms with Crippen molar-refractivity contribution >= 4 is 5.82 Å². The molecule has 6 heteroatoms. The maximum atomic E-state index is 13.3. The highest BCUT2D eigenvalue weighted by atomic mass is 19.1. The van der Waals surface area contributed by atoms with Crippen LogP contribution >= 0.6 is 0 Å². The summed E-state index contributed by atoms with van der Waals surface area (Å²) in [5, 5.41) is 9.03. The van der Waals surface area contributed by atoms with Crippen LogP contribution in [0.1, 0.15) is 27.9 Å². The van der Waals surface area contributed by atoms with E-state index >= 15 is 0 Å². The molecule has 0 atom stereocenters. The average Bonchev–Trinajstić information content (AvgIpc) is 2.67. The fourth-order valence-electron chi connectivity index (χ4n) is 3.54. The maximum absolute atomic E-state index is 13.3. The van der Waals surface area contributed by atoms with Crippen LogP contribution in [0.2, 0.25) is 0 Å². The van der Waals surface area contributed by atoms with Crippen molar-refractivity contribution in [3.05, 3.63) is 70.7 Å². The number of fused-ring (bicyclic) bond motifs is 1. The molecule has 4 heterocycles. The van der Waals surface area contributed by atoms with Gasteiger partial charge in [0, 0.05) is 54.9 Å². The summed E-state index contributed by atoms with van der Waals surface area (Å²) in [6.07, 6.45) is 5.83. The van der Waals surface area contributed by atoms with E-state index < -0.39 is 5.95 Å². The zero-order valence-corrected chi connectivity index (χ0v) is 15.2. The molecule has 3 aromatic heterocycles. The van der Waals surface area contributed by atoms with Gasteiger partial charge < -0.3 is 4.90 Å². The first-order valence-corrected chi connectivity index (χ1v) is 8.77. The lowest BCUT2D eigenvalue weighted by Gasteiger charge is -2.30. The molecule has 0 saturated heterocycles. The molecule has 5 nitrogen and oxygen atoms in total. The molecular formula is C21H18FN5. The highest BCUT2D eigenvalue weighted by Crippen LogP contribution is 2.29. The number of anilines is 1. The molecule has 1 aliphatic heterocycles. The third-order valence-electron chi connectivity index (χ3n) is 4.91. The first kappa shape index (κ1) is 17.1. The van der Waals surface area contributed by atoms with Crippen molar-refractivity contribution in [1.82, 2.24) is 15.0 Å². The molecule has 0 fully saturated rings. The second-order valence-corrected chi connectivity index (χ2v) is 6.80. The normalized spacial score (nSPS) is 13.2. The van der Waals surface area contributed by atoms with Gasteiger partial charge in [0.25, 0.3) is 0 Å². The van der Waals surface area contributed by atoms with E-state index in [1.54, 1.807) is 12.4 Å². The summed E-state index contributed by atoms with van der Waals surface area (Å²) in [6.45, 7) is 5.37. The Morgan fingerprint density at radius 1 is 1.04 bits per heavy atom. The summed E-state index contributed by atoms with van der Waals surface area (Å²) in [4.78, 5) is 15.1. The number of nitriles is 1. The summed E-state index contributed by atoms with van der Waals surface area (Å²) in [5.41, 5.74) is 6.42. The Labute approximate surface area is 157 Å². The zero-order chi connectivity index (χ0) is 19.0. The molecule has 0 radical (unpaired) electrons. The van der Waals surface area contributed by atoms with E-state index in [2.05, 4.69) is 32.0 Å². The van der Waals surface area contributed by atoms with Gasteiger partial charge in [0.15, 0.2) is 0 Å². The van der Waals surface area contributed by atoms with E-state index in [9.17, 15) is 4.39 Å². The van der Waals surface area contributed by atoms with Crippen LogP contribution < -0.4 is 4.90 Å². The lowest BCUT2D eigenvalue weighted by Crippen LogP contribution is -2.32. The smallest absolute Gasteiger partial charge is 0.213 e. The lowest BCUT2D eigenvalue weighted by molar-refractivity contribution is 0.583. The van der Waals surface area contributed by atoms with Gasteiger partial charge in [-0.3, -0.25) is 4.98 Å². The molecule has 3 aromatic rings. The maximum Gasteiger partial charge on any atom is 0.213 e. The number of pyridine rings is 3. The molecule has 0 N–H and O–H groups in total. The Morgan fingerprint density at radius 2 is 1.89 bits per heavy atom. The van der Waals surface area contributed by atoms with Crippen LogP contribution in [-0.4, -0.2) is 21.5 Å². The molecule has 1 aliphatic rings. The minimum absolute atomic E-state index is 0.476. The molecule has 27 heavy (non-hydrogen) atoms. The van der Waals surface area contributed by atoms with Crippen molar-refractivity contribution in [3.63, 3.8) is 0 Å². The number of nitrogens with zero attached hydrogens (tertiary/aromatic N) is 5. The van der Waals surface area contributed by atoms with Crippen LogP contribution in [0.3, 0.4) is 0 Å². The first-order valence-electron chi connectivity index (χ1n) is 8.77. The van der Waals surface area contributed by atoms with Gasteiger partial charge in [0.1, 0.15) is 11.9 Å². The molecule has 0 aromatic carbocycles. The van der Waals surface area contributed by atoms with Gasteiger partial charge in [-0.2, -0.15) is 9.65 Å². The standard InChI is InChI=1S/C21H18FN5/c1-13-6-20(22)25-11-18(13)16-7-17-12-27(4-3-19(17)24-10-16)21-14(2)5-15(8-23)9-26-21/h5-7,9-11H,3-4,12H2,1-2H3. The minimum Gasteiger partial charge on any atom is -0.352 e. The van der Waals surface area contributed by atoms with Gasteiger partial charge in [-0.05, 0) is 48.7 Å². The van der Waals surface area contributed by atoms with Gasteiger partial charge >= 0.3 is 0 Å². The van der Waals surface area contributed by atoms with Crippen molar-refractivity contribution in [2.45, 2.75) is 26.8 Å². The van der Waals surface area contributed by atoms with Crippen molar-refractivity contribution in [1.29, 1.82) is 5.26 Å². The van der Waals surface area contributed by atoms with Gasteiger partial charge in [-0.15, -0.1) is 0 Å². The van der Waals surface area contributed by atoms with Gasteiger partial charge in [-0.25, -0.2) is 9.97 Å². The highest BCUT2D eigenvalue weighted by Gasteiger charge is 2.21. The van der Waals surface area contributed by atoms with E-state index in [1.807, 2.05) is 26.1 Å². The van der Waals surface area contributed by atoms with Gasteiger partial charge in [0.05, 0.1) is 5.56 Å². The molecule has 0 amide bonds. The molecule has 0 spiro atoms. The number of hydrogen-bond acceptors (Lipinski definition) is 5. The Bertz CT molecular complexity index is 1070. The second kappa shape index (κ2) is 6.76. The fourth-order valence-corrected chi connectivity index (χ4v) is 3.54. The average molecular weight is 359 g/mol. The van der Waals surface area contributed by atoms with Crippen LogP contribution in [0.25, 0.3) is 11.1 Å². The van der Waals surface area contributed by atoms with Crippen LogP contribution in [-0.2, 0) is 13.0 Å². The van der Waals surface area contributed by atoms with Crippen LogP contribution in [0.15, 0.2) is 36.8 Å². The van der Waals surface area contributed by atoms with Crippen molar-refractivity contribution in [3.8, 4) is 17.2 Å². The summed E-state index contributed by atoms with van der Waals surface area (Å²) in [7, 11) is 0. The first-order chi connectivity index (χ1) is 13.0. The number of aryl methyl sites for hydroxylation is 2. The molecule has 0 saturated carbocycles. The predicted molar refractivity (Wildman–Crippen MR) is 101 cm³/mol. The Morgan fingerprint density at radius 3 is 2.63 bits per heavy atom. The van der Waals surface area contributed by atoms with E-state index in [4.69, 9.17) is 5.26 Å². The SMILES string of the molecule is Cc1cc(F)ncc1-c1cnc2c(c1)CN(c1ncc(C#N)cc1C)CC2. The largest absolute Gasteiger partial charge is 0.352 e. The Balaban J connectivity index is 1.67. The third-order valence-corrected chi connectivity index (χ3v) is 4.91. The van der Waals surface area contributed by atoms with Crippen LogP contribution in [0.5, 0.6) is 0 Å². The monoisotopic (exact) mass is 359 g/mol. The number of halogens is 1. The van der Waals surface area contributed by atoms with Gasteiger partial charge in [-0.1, -0.05) is 0 Å². The molecular weight excluding hydrogens is 341 g/mol. The van der Waals surface area contributed by atoms with E-state index in [-0.39, 0.29) is 0 Å².